The van der Waals surface area contributed by atoms with Crippen LogP contribution in [0.1, 0.15) is 99.3 Å². The Morgan fingerprint density at radius 3 is 2.32 bits per heavy atom. The predicted octanol–water partition coefficient (Wildman–Crippen LogP) is 2.77. The van der Waals surface area contributed by atoms with Gasteiger partial charge in [-0.2, -0.15) is 0 Å². The number of hydrogen-bond donors (Lipinski definition) is 5. The van der Waals surface area contributed by atoms with Crippen molar-refractivity contribution in [2.24, 2.45) is 22.7 Å². The molecule has 0 aromatic rings. The number of rotatable bonds is 5. The second-order valence-corrected chi connectivity index (χ2v) is 14.6. The fraction of sp³-hybridized carbons (Fsp3) is 0.900. The molecule has 38 heavy (non-hydrogen) atoms. The van der Waals surface area contributed by atoms with Crippen LogP contribution in [0.2, 0.25) is 0 Å². The van der Waals surface area contributed by atoms with Crippen molar-refractivity contribution in [3.8, 4) is 0 Å². The zero-order chi connectivity index (χ0) is 28.2. The smallest absolute Gasteiger partial charge is 0.187 e. The Hall–Kier alpha value is -0.870. The fourth-order valence-corrected chi connectivity index (χ4v) is 9.49. The molecular weight excluding hydrogens is 488 g/mol. The zero-order valence-electron chi connectivity index (χ0n) is 23.9. The molecule has 10 atom stereocenters. The highest BCUT2D eigenvalue weighted by atomic mass is 16.8. The molecule has 0 aromatic heterocycles. The molecule has 0 amide bonds. The first-order valence-electron chi connectivity index (χ1n) is 14.5. The summed E-state index contributed by atoms with van der Waals surface area (Å²) in [6.45, 7) is 11.2. The number of ketones is 1. The Bertz CT molecular complexity index is 1020. The van der Waals surface area contributed by atoms with Crippen molar-refractivity contribution in [2.75, 3.05) is 6.61 Å². The molecule has 8 nitrogen and oxygen atoms in total. The first-order valence-corrected chi connectivity index (χ1v) is 14.5. The molecule has 0 aromatic carbocycles. The summed E-state index contributed by atoms with van der Waals surface area (Å²) in [4.78, 5) is 13.5. The summed E-state index contributed by atoms with van der Waals surface area (Å²) in [5.41, 5.74) is -5.40. The Balaban J connectivity index is 1.51. The van der Waals surface area contributed by atoms with Gasteiger partial charge in [-0.05, 0) is 103 Å². The van der Waals surface area contributed by atoms with Crippen molar-refractivity contribution in [3.63, 3.8) is 0 Å². The average molecular weight is 537 g/mol. The van der Waals surface area contributed by atoms with Gasteiger partial charge < -0.3 is 35.0 Å². The molecule has 10 unspecified atom stereocenters. The van der Waals surface area contributed by atoms with Gasteiger partial charge in [0, 0.05) is 17.3 Å². The Labute approximate surface area is 226 Å². The largest absolute Gasteiger partial charge is 0.393 e. The molecular formula is C30H48O8. The number of aliphatic hydroxyl groups is 5. The maximum atomic E-state index is 13.5. The van der Waals surface area contributed by atoms with Crippen LogP contribution in [0, 0.1) is 22.7 Å². The van der Waals surface area contributed by atoms with E-state index in [1.54, 1.807) is 6.92 Å². The lowest BCUT2D eigenvalue weighted by atomic mass is 9.44. The summed E-state index contributed by atoms with van der Waals surface area (Å²) in [5.74, 6) is -1.46. The molecule has 0 spiro atoms. The number of fused-ring (bicyclic) bond motifs is 5. The highest BCUT2D eigenvalue weighted by Gasteiger charge is 2.72. The number of carbonyl (C=O) groups is 1. The van der Waals surface area contributed by atoms with Gasteiger partial charge in [0.25, 0.3) is 0 Å². The van der Waals surface area contributed by atoms with E-state index in [1.807, 2.05) is 20.8 Å². The van der Waals surface area contributed by atoms with E-state index in [9.17, 15) is 30.3 Å². The van der Waals surface area contributed by atoms with Gasteiger partial charge in [-0.1, -0.05) is 13.8 Å². The minimum atomic E-state index is -1.62. The maximum Gasteiger partial charge on any atom is 0.187 e. The molecule has 1 saturated heterocycles. The quantitative estimate of drug-likeness (QED) is 0.362. The van der Waals surface area contributed by atoms with E-state index in [0.717, 1.165) is 12.0 Å². The lowest BCUT2D eigenvalue weighted by Gasteiger charge is -2.62. The molecule has 4 aliphatic carbocycles. The summed E-state index contributed by atoms with van der Waals surface area (Å²) in [6, 6.07) is 0. The van der Waals surface area contributed by atoms with E-state index in [-0.39, 0.29) is 31.0 Å². The first-order chi connectivity index (χ1) is 17.4. The molecule has 5 rings (SSSR count). The van der Waals surface area contributed by atoms with Crippen molar-refractivity contribution in [1.29, 1.82) is 0 Å². The monoisotopic (exact) mass is 536 g/mol. The molecule has 5 N–H and O–H groups in total. The van der Waals surface area contributed by atoms with Gasteiger partial charge in [-0.3, -0.25) is 4.79 Å². The van der Waals surface area contributed by atoms with Gasteiger partial charge in [-0.25, -0.2) is 0 Å². The Kier molecular flexibility index (Phi) is 6.46. The summed E-state index contributed by atoms with van der Waals surface area (Å²) in [5, 5.41) is 54.5. The van der Waals surface area contributed by atoms with E-state index in [0.29, 0.717) is 44.9 Å². The van der Waals surface area contributed by atoms with Gasteiger partial charge in [0.1, 0.15) is 5.60 Å². The standard InChI is InChI=1S/C30H48O8/c1-24(2)37-23(10-11-25(3,34)17-31)28(6,38-24)21-9-14-29(35)20-15-22(33)30(36)16-18(32)7-12-26(30,4)19(20)8-13-27(21,29)5/h15,18-19,21,23,31-32,34-36H,7-14,16-17H2,1-6H3. The highest BCUT2D eigenvalue weighted by molar-refractivity contribution is 6.00. The predicted molar refractivity (Wildman–Crippen MR) is 140 cm³/mol. The topological polar surface area (TPSA) is 137 Å². The third-order valence-corrected chi connectivity index (χ3v) is 11.8. The second kappa shape index (κ2) is 8.57. The third-order valence-electron chi connectivity index (χ3n) is 11.8. The zero-order valence-corrected chi connectivity index (χ0v) is 23.9. The highest BCUT2D eigenvalue weighted by Crippen LogP contribution is 2.70. The number of hydrogen-bond acceptors (Lipinski definition) is 8. The van der Waals surface area contributed by atoms with Crippen LogP contribution in [0.3, 0.4) is 0 Å². The van der Waals surface area contributed by atoms with E-state index in [2.05, 4.69) is 13.8 Å². The number of carbonyl (C=O) groups excluding carboxylic acids is 1. The Morgan fingerprint density at radius 2 is 1.66 bits per heavy atom. The minimum absolute atomic E-state index is 0.0402. The second-order valence-electron chi connectivity index (χ2n) is 14.6. The molecule has 0 bridgehead atoms. The van der Waals surface area contributed by atoms with Crippen molar-refractivity contribution in [3.05, 3.63) is 11.6 Å². The van der Waals surface area contributed by atoms with Gasteiger partial charge in [0.2, 0.25) is 0 Å². The van der Waals surface area contributed by atoms with Crippen LogP contribution in [0.4, 0.5) is 0 Å². The van der Waals surface area contributed by atoms with E-state index >= 15 is 0 Å². The molecule has 1 heterocycles. The van der Waals surface area contributed by atoms with Crippen LogP contribution in [0.5, 0.6) is 0 Å². The number of aliphatic hydroxyl groups excluding tert-OH is 2. The molecule has 5 aliphatic rings. The summed E-state index contributed by atoms with van der Waals surface area (Å²) in [6.07, 6.45) is 5.03. The molecule has 1 aliphatic heterocycles. The summed E-state index contributed by atoms with van der Waals surface area (Å²) in [7, 11) is 0. The van der Waals surface area contributed by atoms with Crippen molar-refractivity contribution in [2.45, 2.75) is 140 Å². The van der Waals surface area contributed by atoms with Crippen LogP contribution in [-0.4, -0.2) is 78.3 Å². The molecule has 0 radical (unpaired) electrons. The Morgan fingerprint density at radius 1 is 1.00 bits per heavy atom. The first kappa shape index (κ1) is 28.7. The summed E-state index contributed by atoms with van der Waals surface area (Å²) >= 11 is 0. The molecule has 3 saturated carbocycles. The van der Waals surface area contributed by atoms with Gasteiger partial charge in [0.05, 0.1) is 35.6 Å². The van der Waals surface area contributed by atoms with Gasteiger partial charge in [0.15, 0.2) is 11.6 Å². The summed E-state index contributed by atoms with van der Waals surface area (Å²) < 4.78 is 13.0. The fourth-order valence-electron chi connectivity index (χ4n) is 9.49. The normalized spacial score (nSPS) is 51.6. The maximum absolute atomic E-state index is 13.5. The number of ether oxygens (including phenoxy) is 2. The van der Waals surface area contributed by atoms with Crippen LogP contribution in [0.25, 0.3) is 0 Å². The van der Waals surface area contributed by atoms with Crippen LogP contribution < -0.4 is 0 Å². The molecule has 8 heteroatoms. The van der Waals surface area contributed by atoms with Crippen molar-refractivity contribution in [1.82, 2.24) is 0 Å². The lowest BCUT2D eigenvalue weighted by molar-refractivity contribution is -0.201. The van der Waals surface area contributed by atoms with Crippen LogP contribution in [0.15, 0.2) is 11.6 Å². The average Bonchev–Trinajstić information content (AvgIpc) is 3.24. The van der Waals surface area contributed by atoms with Gasteiger partial charge >= 0.3 is 0 Å². The molecule has 216 valence electrons. The van der Waals surface area contributed by atoms with Crippen molar-refractivity contribution >= 4 is 5.78 Å². The van der Waals surface area contributed by atoms with E-state index < -0.39 is 50.9 Å². The van der Waals surface area contributed by atoms with Crippen LogP contribution in [-0.2, 0) is 14.3 Å². The third kappa shape index (κ3) is 3.77. The van der Waals surface area contributed by atoms with Crippen molar-refractivity contribution < 1.29 is 39.8 Å². The van der Waals surface area contributed by atoms with Gasteiger partial charge in [-0.15, -0.1) is 0 Å². The minimum Gasteiger partial charge on any atom is -0.393 e. The van der Waals surface area contributed by atoms with Crippen LogP contribution >= 0.6 is 0 Å². The van der Waals surface area contributed by atoms with E-state index in [4.69, 9.17) is 9.47 Å². The van der Waals surface area contributed by atoms with E-state index in [1.165, 1.54) is 6.08 Å². The SMILES string of the molecule is CC(O)(CO)CCC1OC(C)(C)OC1(C)C1CCC2(O)C3=CC(=O)C4(O)CC(O)CCC4(C)C3CCC12C. The molecule has 4 fully saturated rings. The lowest BCUT2D eigenvalue weighted by Crippen LogP contribution is -2.67.